The van der Waals surface area contributed by atoms with Gasteiger partial charge in [-0.2, -0.15) is 0 Å². The second-order valence-corrected chi connectivity index (χ2v) is 12.7. The van der Waals surface area contributed by atoms with Crippen molar-refractivity contribution >= 4 is 40.3 Å². The van der Waals surface area contributed by atoms with Gasteiger partial charge in [0.2, 0.25) is 11.8 Å². The molecule has 0 aliphatic carbocycles. The van der Waals surface area contributed by atoms with Crippen molar-refractivity contribution in [1.29, 1.82) is 0 Å². The first-order chi connectivity index (χ1) is 22.4. The van der Waals surface area contributed by atoms with Gasteiger partial charge in [-0.1, -0.05) is 66.6 Å². The second-order valence-electron chi connectivity index (χ2n) is 12.3. The van der Waals surface area contributed by atoms with Crippen LogP contribution >= 0.6 is 11.6 Å². The van der Waals surface area contributed by atoms with E-state index in [2.05, 4.69) is 17.4 Å². The van der Waals surface area contributed by atoms with Gasteiger partial charge in [-0.15, -0.1) is 0 Å². The second kappa shape index (κ2) is 14.3. The summed E-state index contributed by atoms with van der Waals surface area (Å²) >= 11 is 6.10. The summed E-state index contributed by atoms with van der Waals surface area (Å²) in [6.07, 6.45) is 5.51. The molecule has 238 valence electrons. The van der Waals surface area contributed by atoms with Crippen LogP contribution in [0.1, 0.15) is 71.7 Å². The Morgan fingerprint density at radius 2 is 1.63 bits per heavy atom. The van der Waals surface area contributed by atoms with Crippen LogP contribution in [0.2, 0.25) is 5.02 Å². The predicted molar refractivity (Wildman–Crippen MR) is 178 cm³/mol. The van der Waals surface area contributed by atoms with E-state index in [1.54, 1.807) is 36.4 Å². The zero-order valence-corrected chi connectivity index (χ0v) is 26.5. The monoisotopic (exact) mass is 639 g/mol. The normalized spacial score (nSPS) is 16.7. The Morgan fingerprint density at radius 3 is 2.43 bits per heavy atom. The number of carbonyl (C=O) groups excluding carboxylic acids is 3. The molecule has 0 saturated carbocycles. The molecule has 4 aromatic rings. The molecule has 3 amide bonds. The molecule has 8 nitrogen and oxygen atoms in total. The van der Waals surface area contributed by atoms with Gasteiger partial charge in [0.05, 0.1) is 5.39 Å². The SMILES string of the molecule is O=C(N[C@@H](Cc1ccc(Cl)cc1)C(=O)N1CCC(c2ccccc2CN2CCCCCC2=O)CC1)c1cc(=O)c2ccccc2o1. The molecule has 3 aromatic carbocycles. The third-order valence-electron chi connectivity index (χ3n) is 9.15. The molecule has 3 heterocycles. The van der Waals surface area contributed by atoms with Crippen LogP contribution < -0.4 is 10.7 Å². The highest BCUT2D eigenvalue weighted by Crippen LogP contribution is 2.32. The maximum absolute atomic E-state index is 14.0. The van der Waals surface area contributed by atoms with Crippen LogP contribution in [-0.4, -0.2) is 53.2 Å². The van der Waals surface area contributed by atoms with Crippen LogP contribution in [0, 0.1) is 0 Å². The highest BCUT2D eigenvalue weighted by Gasteiger charge is 2.32. The van der Waals surface area contributed by atoms with Gasteiger partial charge in [-0.25, -0.2) is 0 Å². The largest absolute Gasteiger partial charge is 0.451 e. The number of hydrogen-bond acceptors (Lipinski definition) is 5. The molecular weight excluding hydrogens is 602 g/mol. The van der Waals surface area contributed by atoms with Gasteiger partial charge >= 0.3 is 0 Å². The average molecular weight is 640 g/mol. The quantitative estimate of drug-likeness (QED) is 0.251. The fourth-order valence-corrected chi connectivity index (χ4v) is 6.75. The van der Waals surface area contributed by atoms with Gasteiger partial charge in [0.15, 0.2) is 11.2 Å². The van der Waals surface area contributed by atoms with Gasteiger partial charge in [0, 0.05) is 50.1 Å². The summed E-state index contributed by atoms with van der Waals surface area (Å²) in [4.78, 5) is 56.6. The van der Waals surface area contributed by atoms with Crippen molar-refractivity contribution in [2.24, 2.45) is 0 Å². The number of nitrogens with zero attached hydrogens (tertiary/aromatic N) is 2. The summed E-state index contributed by atoms with van der Waals surface area (Å²) in [5.41, 5.74) is 3.24. The molecule has 0 spiro atoms. The van der Waals surface area contributed by atoms with Gasteiger partial charge in [-0.05, 0) is 72.6 Å². The smallest absolute Gasteiger partial charge is 0.287 e. The summed E-state index contributed by atoms with van der Waals surface area (Å²) in [7, 11) is 0. The van der Waals surface area contributed by atoms with Gasteiger partial charge in [0.1, 0.15) is 11.6 Å². The fourth-order valence-electron chi connectivity index (χ4n) is 6.62. The molecule has 2 saturated heterocycles. The number of amides is 3. The molecule has 1 atom stereocenters. The molecule has 2 fully saturated rings. The van der Waals surface area contributed by atoms with Gasteiger partial charge < -0.3 is 19.5 Å². The first-order valence-corrected chi connectivity index (χ1v) is 16.5. The summed E-state index contributed by atoms with van der Waals surface area (Å²) in [6, 6.07) is 22.6. The lowest BCUT2D eigenvalue weighted by Gasteiger charge is -2.35. The molecule has 0 bridgehead atoms. The summed E-state index contributed by atoms with van der Waals surface area (Å²) in [5, 5.41) is 3.82. The Labute approximate surface area is 273 Å². The minimum Gasteiger partial charge on any atom is -0.451 e. The number of nitrogens with one attached hydrogen (secondary N) is 1. The van der Waals surface area contributed by atoms with E-state index in [0.717, 1.165) is 44.2 Å². The van der Waals surface area contributed by atoms with Crippen molar-refractivity contribution in [2.45, 2.75) is 63.5 Å². The molecule has 0 unspecified atom stereocenters. The highest BCUT2D eigenvalue weighted by molar-refractivity contribution is 6.30. The Balaban J connectivity index is 1.17. The third kappa shape index (κ3) is 7.34. The lowest BCUT2D eigenvalue weighted by Crippen LogP contribution is -2.51. The average Bonchev–Trinajstić information content (AvgIpc) is 3.28. The van der Waals surface area contributed by atoms with E-state index in [1.807, 2.05) is 34.1 Å². The van der Waals surface area contributed by atoms with E-state index >= 15 is 0 Å². The number of fused-ring (bicyclic) bond motifs is 1. The van der Waals surface area contributed by atoms with Crippen LogP contribution in [0.4, 0.5) is 0 Å². The van der Waals surface area contributed by atoms with Crippen molar-refractivity contribution in [3.63, 3.8) is 0 Å². The number of likely N-dealkylation sites (tertiary alicyclic amines) is 2. The molecule has 46 heavy (non-hydrogen) atoms. The molecule has 1 N–H and O–H groups in total. The number of carbonyl (C=O) groups is 3. The Bertz CT molecular complexity index is 1780. The zero-order chi connectivity index (χ0) is 32.0. The van der Waals surface area contributed by atoms with E-state index in [4.69, 9.17) is 16.0 Å². The van der Waals surface area contributed by atoms with Crippen molar-refractivity contribution in [3.05, 3.63) is 117 Å². The highest BCUT2D eigenvalue weighted by atomic mass is 35.5. The van der Waals surface area contributed by atoms with Crippen molar-refractivity contribution in [1.82, 2.24) is 15.1 Å². The van der Waals surface area contributed by atoms with Crippen LogP contribution in [0.5, 0.6) is 0 Å². The van der Waals surface area contributed by atoms with E-state index in [-0.39, 0.29) is 35.3 Å². The minimum absolute atomic E-state index is 0.143. The summed E-state index contributed by atoms with van der Waals surface area (Å²) in [6.45, 7) is 2.49. The Kier molecular flexibility index (Phi) is 9.83. The zero-order valence-electron chi connectivity index (χ0n) is 25.8. The first kappa shape index (κ1) is 31.5. The fraction of sp³-hybridized carbons (Fsp3) is 0.351. The van der Waals surface area contributed by atoms with Crippen LogP contribution in [-0.2, 0) is 22.6 Å². The van der Waals surface area contributed by atoms with Crippen LogP contribution in [0.25, 0.3) is 11.0 Å². The standard InChI is InChI=1S/C37H38ClN3O5/c38-28-15-13-25(14-16-28)22-31(39-36(44)34-23-32(42)30-10-5-6-11-33(30)46-34)37(45)40-20-17-26(18-21-40)29-9-4-3-8-27(29)24-41-19-7-1-2-12-35(41)43/h3-6,8-11,13-16,23,26,31H,1-2,7,12,17-22,24H2,(H,39,44)/t31-/m0/s1. The summed E-state index contributed by atoms with van der Waals surface area (Å²) in [5.74, 6) is -0.464. The topological polar surface area (TPSA) is 99.9 Å². The molecule has 1 aromatic heterocycles. The molecule has 9 heteroatoms. The lowest BCUT2D eigenvalue weighted by atomic mass is 9.86. The molecule has 6 rings (SSSR count). The van der Waals surface area contributed by atoms with E-state index in [0.29, 0.717) is 42.0 Å². The maximum Gasteiger partial charge on any atom is 0.287 e. The van der Waals surface area contributed by atoms with E-state index < -0.39 is 11.9 Å². The van der Waals surface area contributed by atoms with Crippen LogP contribution in [0.15, 0.2) is 88.1 Å². The molecular formula is C37H38ClN3O5. The molecule has 0 radical (unpaired) electrons. The van der Waals surface area contributed by atoms with Crippen molar-refractivity contribution in [2.75, 3.05) is 19.6 Å². The number of halogens is 1. The molecule has 2 aliphatic rings. The van der Waals surface area contributed by atoms with Gasteiger partial charge in [-0.3, -0.25) is 19.2 Å². The number of benzene rings is 3. The van der Waals surface area contributed by atoms with Crippen LogP contribution in [0.3, 0.4) is 0 Å². The third-order valence-corrected chi connectivity index (χ3v) is 9.40. The maximum atomic E-state index is 14.0. The van der Waals surface area contributed by atoms with Crippen molar-refractivity contribution < 1.29 is 18.8 Å². The minimum atomic E-state index is -0.872. The van der Waals surface area contributed by atoms with Crippen molar-refractivity contribution in [3.8, 4) is 0 Å². The Morgan fingerprint density at radius 1 is 0.891 bits per heavy atom. The summed E-state index contributed by atoms with van der Waals surface area (Å²) < 4.78 is 5.76. The number of para-hydroxylation sites is 1. The first-order valence-electron chi connectivity index (χ1n) is 16.1. The molecule has 2 aliphatic heterocycles. The number of rotatable bonds is 8. The van der Waals surface area contributed by atoms with E-state index in [9.17, 15) is 19.2 Å². The number of hydrogen-bond donors (Lipinski definition) is 1. The van der Waals surface area contributed by atoms with Gasteiger partial charge in [0.25, 0.3) is 5.91 Å². The number of piperidine rings is 1. The van der Waals surface area contributed by atoms with E-state index in [1.165, 1.54) is 17.2 Å². The predicted octanol–water partition coefficient (Wildman–Crippen LogP) is 6.10. The Hall–Kier alpha value is -4.43. The lowest BCUT2D eigenvalue weighted by molar-refractivity contribution is -0.134.